The molecule has 0 saturated carbocycles. The third kappa shape index (κ3) is 4.46. The van der Waals surface area contributed by atoms with E-state index in [-0.39, 0.29) is 4.90 Å². The lowest BCUT2D eigenvalue weighted by molar-refractivity contribution is 0.100. The van der Waals surface area contributed by atoms with E-state index < -0.39 is 21.8 Å². The zero-order valence-corrected chi connectivity index (χ0v) is 20.0. The molecule has 7 nitrogen and oxygen atoms in total. The molecule has 1 aromatic carbocycles. The standard InChI is InChI=1S/C23H29N3O4S2/c1-14-11-15(2)13-26(12-14)32(29,30)17-9-7-16(8-10-17)22(28)25-23-20(21(24)27)18-5-3-4-6-19(18)31-23/h7-10,14-15H,3-6,11-13H2,1-2H3,(H2,24,27)(H,25,28)/t14-,15-/m1/s1. The van der Waals surface area contributed by atoms with Crippen LogP contribution in [0.3, 0.4) is 0 Å². The Morgan fingerprint density at radius 1 is 1.06 bits per heavy atom. The highest BCUT2D eigenvalue weighted by Gasteiger charge is 2.32. The van der Waals surface area contributed by atoms with Crippen molar-refractivity contribution in [3.8, 4) is 0 Å². The molecule has 4 rings (SSSR count). The molecule has 3 N–H and O–H groups in total. The second-order valence-corrected chi connectivity index (χ2v) is 12.1. The molecular formula is C23H29N3O4S2. The minimum absolute atomic E-state index is 0.180. The molecule has 0 bridgehead atoms. The van der Waals surface area contributed by atoms with Gasteiger partial charge in [0.2, 0.25) is 10.0 Å². The second kappa shape index (κ2) is 8.96. The van der Waals surface area contributed by atoms with Gasteiger partial charge in [-0.25, -0.2) is 8.42 Å². The summed E-state index contributed by atoms with van der Waals surface area (Å²) in [4.78, 5) is 26.1. The summed E-state index contributed by atoms with van der Waals surface area (Å²) in [7, 11) is -3.61. The first kappa shape index (κ1) is 22.9. The Morgan fingerprint density at radius 3 is 2.31 bits per heavy atom. The van der Waals surface area contributed by atoms with Crippen LogP contribution in [0.1, 0.15) is 64.3 Å². The molecule has 32 heavy (non-hydrogen) atoms. The van der Waals surface area contributed by atoms with Gasteiger partial charge in [-0.05, 0) is 73.8 Å². The first-order valence-corrected chi connectivity index (χ1v) is 13.3. The number of fused-ring (bicyclic) bond motifs is 1. The van der Waals surface area contributed by atoms with Gasteiger partial charge >= 0.3 is 0 Å². The van der Waals surface area contributed by atoms with E-state index >= 15 is 0 Å². The van der Waals surface area contributed by atoms with Gasteiger partial charge in [0.15, 0.2) is 0 Å². The van der Waals surface area contributed by atoms with Crippen LogP contribution >= 0.6 is 11.3 Å². The van der Waals surface area contributed by atoms with Gasteiger partial charge < -0.3 is 11.1 Å². The topological polar surface area (TPSA) is 110 Å². The number of benzene rings is 1. The third-order valence-corrected chi connectivity index (χ3v) is 9.29. The number of hydrogen-bond donors (Lipinski definition) is 2. The van der Waals surface area contributed by atoms with Crippen LogP contribution in [0, 0.1) is 11.8 Å². The van der Waals surface area contributed by atoms with Gasteiger partial charge in [-0.1, -0.05) is 13.8 Å². The van der Waals surface area contributed by atoms with Gasteiger partial charge in [-0.15, -0.1) is 11.3 Å². The van der Waals surface area contributed by atoms with E-state index in [2.05, 4.69) is 19.2 Å². The lowest BCUT2D eigenvalue weighted by Gasteiger charge is -2.34. The highest BCUT2D eigenvalue weighted by atomic mass is 32.2. The molecule has 1 saturated heterocycles. The molecule has 9 heteroatoms. The van der Waals surface area contributed by atoms with Crippen molar-refractivity contribution in [2.24, 2.45) is 17.6 Å². The van der Waals surface area contributed by atoms with Crippen LogP contribution in [0.5, 0.6) is 0 Å². The highest BCUT2D eigenvalue weighted by molar-refractivity contribution is 7.89. The molecule has 172 valence electrons. The van der Waals surface area contributed by atoms with Crippen molar-refractivity contribution in [3.05, 3.63) is 45.8 Å². The van der Waals surface area contributed by atoms with Gasteiger partial charge in [0.1, 0.15) is 5.00 Å². The fraction of sp³-hybridized carbons (Fsp3) is 0.478. The Kier molecular flexibility index (Phi) is 6.42. The summed E-state index contributed by atoms with van der Waals surface area (Å²) in [5.41, 5.74) is 7.29. The number of sulfonamides is 1. The molecule has 2 amide bonds. The number of primary amides is 1. The second-order valence-electron chi connectivity index (χ2n) is 9.03. The molecule has 0 radical (unpaired) electrons. The van der Waals surface area contributed by atoms with Gasteiger partial charge in [0.05, 0.1) is 10.5 Å². The van der Waals surface area contributed by atoms with Crippen LogP contribution in [0.2, 0.25) is 0 Å². The minimum atomic E-state index is -3.61. The summed E-state index contributed by atoms with van der Waals surface area (Å²) in [6, 6.07) is 5.97. The number of nitrogens with two attached hydrogens (primary N) is 1. The van der Waals surface area contributed by atoms with E-state index in [0.29, 0.717) is 41.1 Å². The molecule has 2 heterocycles. The lowest BCUT2D eigenvalue weighted by atomic mass is 9.94. The molecular weight excluding hydrogens is 446 g/mol. The van der Waals surface area contributed by atoms with Crippen molar-refractivity contribution in [1.29, 1.82) is 0 Å². The lowest BCUT2D eigenvalue weighted by Crippen LogP contribution is -2.42. The smallest absolute Gasteiger partial charge is 0.256 e. The normalized spacial score (nSPS) is 21.7. The monoisotopic (exact) mass is 475 g/mol. The zero-order chi connectivity index (χ0) is 23.0. The maximum atomic E-state index is 13.1. The van der Waals surface area contributed by atoms with Crippen LogP contribution in [-0.2, 0) is 22.9 Å². The van der Waals surface area contributed by atoms with Crippen molar-refractivity contribution in [2.45, 2.75) is 50.8 Å². The van der Waals surface area contributed by atoms with Crippen molar-refractivity contribution >= 4 is 38.2 Å². The quantitative estimate of drug-likeness (QED) is 0.688. The Balaban J connectivity index is 1.53. The van der Waals surface area contributed by atoms with Gasteiger partial charge in [-0.2, -0.15) is 4.31 Å². The van der Waals surface area contributed by atoms with Crippen molar-refractivity contribution in [2.75, 3.05) is 18.4 Å². The van der Waals surface area contributed by atoms with Crippen LogP contribution < -0.4 is 11.1 Å². The largest absolute Gasteiger partial charge is 0.365 e. The third-order valence-electron chi connectivity index (χ3n) is 6.23. The Labute approximate surface area is 193 Å². The predicted octanol–water partition coefficient (Wildman–Crippen LogP) is 3.64. The molecule has 2 aromatic rings. The van der Waals surface area contributed by atoms with Gasteiger partial charge in [-0.3, -0.25) is 9.59 Å². The first-order chi connectivity index (χ1) is 15.2. The average Bonchev–Trinajstić information content (AvgIpc) is 3.11. The number of aryl methyl sites for hydroxylation is 1. The highest BCUT2D eigenvalue weighted by Crippen LogP contribution is 2.38. The summed E-state index contributed by atoms with van der Waals surface area (Å²) in [5.74, 6) is -0.300. The number of carbonyl (C=O) groups excluding carboxylic acids is 2. The Morgan fingerprint density at radius 2 is 1.69 bits per heavy atom. The van der Waals surface area contributed by atoms with E-state index in [4.69, 9.17) is 5.73 Å². The zero-order valence-electron chi connectivity index (χ0n) is 18.4. The number of thiophene rings is 1. The summed E-state index contributed by atoms with van der Waals surface area (Å²) in [6.07, 6.45) is 4.76. The predicted molar refractivity (Wildman–Crippen MR) is 126 cm³/mol. The van der Waals surface area contributed by atoms with Crippen molar-refractivity contribution in [1.82, 2.24) is 4.31 Å². The van der Waals surface area contributed by atoms with Crippen LogP contribution in [0.25, 0.3) is 0 Å². The number of rotatable bonds is 5. The van der Waals surface area contributed by atoms with Crippen LogP contribution in [-0.4, -0.2) is 37.6 Å². The van der Waals surface area contributed by atoms with Crippen LogP contribution in [0.4, 0.5) is 5.00 Å². The van der Waals surface area contributed by atoms with E-state index in [0.717, 1.165) is 42.5 Å². The molecule has 0 unspecified atom stereocenters. The summed E-state index contributed by atoms with van der Waals surface area (Å²) < 4.78 is 27.7. The average molecular weight is 476 g/mol. The summed E-state index contributed by atoms with van der Waals surface area (Å²) in [6.45, 7) is 5.14. The number of carbonyl (C=O) groups is 2. The number of anilines is 1. The maximum Gasteiger partial charge on any atom is 0.256 e. The fourth-order valence-electron chi connectivity index (χ4n) is 4.82. The number of amides is 2. The SMILES string of the molecule is C[C@@H]1C[C@@H](C)CN(S(=O)(=O)c2ccc(C(=O)Nc3sc4c(c3C(N)=O)CCCC4)cc2)C1. The van der Waals surface area contributed by atoms with E-state index in [1.54, 1.807) is 0 Å². The van der Waals surface area contributed by atoms with E-state index in [1.807, 2.05) is 0 Å². The molecule has 1 aromatic heterocycles. The summed E-state index contributed by atoms with van der Waals surface area (Å²) in [5, 5.41) is 3.29. The molecule has 1 aliphatic heterocycles. The van der Waals surface area contributed by atoms with E-state index in [1.165, 1.54) is 39.9 Å². The first-order valence-electron chi connectivity index (χ1n) is 11.0. The Hall–Kier alpha value is -2.23. The van der Waals surface area contributed by atoms with Crippen molar-refractivity contribution in [3.63, 3.8) is 0 Å². The number of nitrogens with zero attached hydrogens (tertiary/aromatic N) is 1. The molecule has 1 aliphatic carbocycles. The van der Waals surface area contributed by atoms with Crippen molar-refractivity contribution < 1.29 is 18.0 Å². The molecule has 0 spiro atoms. The minimum Gasteiger partial charge on any atom is -0.365 e. The van der Waals surface area contributed by atoms with Crippen LogP contribution in [0.15, 0.2) is 29.2 Å². The number of piperidine rings is 1. The number of nitrogens with one attached hydrogen (secondary N) is 1. The molecule has 1 fully saturated rings. The fourth-order valence-corrected chi connectivity index (χ4v) is 7.79. The summed E-state index contributed by atoms with van der Waals surface area (Å²) >= 11 is 1.40. The molecule has 2 aliphatic rings. The maximum absolute atomic E-state index is 13.1. The van der Waals surface area contributed by atoms with Gasteiger partial charge in [0.25, 0.3) is 11.8 Å². The Bertz CT molecular complexity index is 1130. The number of hydrogen-bond acceptors (Lipinski definition) is 5. The molecule has 2 atom stereocenters. The van der Waals surface area contributed by atoms with E-state index in [9.17, 15) is 18.0 Å². The van der Waals surface area contributed by atoms with Gasteiger partial charge in [0, 0.05) is 23.5 Å².